The molecule has 1 fully saturated rings. The Morgan fingerprint density at radius 2 is 1.85 bits per heavy atom. The van der Waals surface area contributed by atoms with Crippen molar-refractivity contribution >= 4 is 17.9 Å². The fraction of sp³-hybridized carbons (Fsp3) is 0.769. The monoisotopic (exact) mass is 285 g/mol. The van der Waals surface area contributed by atoms with Crippen LogP contribution in [-0.4, -0.2) is 53.6 Å². The van der Waals surface area contributed by atoms with Gasteiger partial charge < -0.3 is 10.4 Å². The Morgan fingerprint density at radius 3 is 2.30 bits per heavy atom. The number of piperidine rings is 1. The first-order valence-corrected chi connectivity index (χ1v) is 6.86. The molecule has 20 heavy (non-hydrogen) atoms. The van der Waals surface area contributed by atoms with Crippen LogP contribution in [0.1, 0.15) is 33.6 Å². The molecule has 0 spiro atoms. The van der Waals surface area contributed by atoms with Crippen LogP contribution in [0.15, 0.2) is 0 Å². The smallest absolute Gasteiger partial charge is 0.321 e. The number of carbonyl (C=O) groups is 3. The van der Waals surface area contributed by atoms with Gasteiger partial charge in [0.25, 0.3) is 0 Å². The summed E-state index contributed by atoms with van der Waals surface area (Å²) >= 11 is 0. The van der Waals surface area contributed by atoms with Crippen molar-refractivity contribution in [1.82, 2.24) is 15.5 Å². The van der Waals surface area contributed by atoms with Crippen molar-refractivity contribution in [3.05, 3.63) is 0 Å². The van der Waals surface area contributed by atoms with Crippen LogP contribution in [0.3, 0.4) is 0 Å². The zero-order valence-corrected chi connectivity index (χ0v) is 12.2. The maximum absolute atomic E-state index is 11.9. The van der Waals surface area contributed by atoms with Crippen molar-refractivity contribution in [2.75, 3.05) is 19.6 Å². The summed E-state index contributed by atoms with van der Waals surface area (Å²) in [7, 11) is 0. The van der Waals surface area contributed by atoms with E-state index in [2.05, 4.69) is 10.6 Å². The lowest BCUT2D eigenvalue weighted by molar-refractivity contribution is -0.151. The van der Waals surface area contributed by atoms with Gasteiger partial charge in [0.1, 0.15) is 0 Å². The fourth-order valence-electron chi connectivity index (χ4n) is 2.21. The number of carboxylic acid groups (broad SMARTS) is 1. The summed E-state index contributed by atoms with van der Waals surface area (Å²) in [6.07, 6.45) is 1.00. The van der Waals surface area contributed by atoms with Gasteiger partial charge in [-0.1, -0.05) is 0 Å². The van der Waals surface area contributed by atoms with Crippen molar-refractivity contribution in [1.29, 1.82) is 0 Å². The predicted molar refractivity (Wildman–Crippen MR) is 73.2 cm³/mol. The lowest BCUT2D eigenvalue weighted by atomic mass is 9.80. The highest BCUT2D eigenvalue weighted by molar-refractivity contribution is 5.96. The number of nitrogens with one attached hydrogen (secondary N) is 2. The topological polar surface area (TPSA) is 98.7 Å². The molecule has 1 atom stereocenters. The third-order valence-corrected chi connectivity index (χ3v) is 3.92. The summed E-state index contributed by atoms with van der Waals surface area (Å²) in [4.78, 5) is 36.2. The molecular formula is C13H23N3O4. The van der Waals surface area contributed by atoms with Crippen LogP contribution in [0.5, 0.6) is 0 Å². The second-order valence-corrected chi connectivity index (χ2v) is 5.43. The molecule has 0 aromatic heterocycles. The molecule has 0 bridgehead atoms. The minimum Gasteiger partial charge on any atom is -0.481 e. The van der Waals surface area contributed by atoms with Gasteiger partial charge in [-0.3, -0.25) is 19.8 Å². The number of rotatable bonds is 4. The minimum atomic E-state index is -0.795. The van der Waals surface area contributed by atoms with Crippen LogP contribution < -0.4 is 10.6 Å². The number of carboxylic acids is 1. The Labute approximate surface area is 118 Å². The zero-order chi connectivity index (χ0) is 15.3. The van der Waals surface area contributed by atoms with E-state index in [-0.39, 0.29) is 5.91 Å². The normalized spacial score (nSPS) is 19.9. The molecule has 0 aromatic carbocycles. The number of likely N-dealkylation sites (tertiary alicyclic amines) is 1. The molecule has 7 heteroatoms. The quantitative estimate of drug-likeness (QED) is 0.695. The van der Waals surface area contributed by atoms with Gasteiger partial charge >= 0.3 is 12.0 Å². The molecule has 1 heterocycles. The molecule has 1 unspecified atom stereocenters. The average molecular weight is 285 g/mol. The predicted octanol–water partition coefficient (Wildman–Crippen LogP) is 0.407. The van der Waals surface area contributed by atoms with Crippen molar-refractivity contribution in [2.24, 2.45) is 5.41 Å². The van der Waals surface area contributed by atoms with E-state index in [1.807, 2.05) is 4.90 Å². The Balaban J connectivity index is 2.50. The molecule has 0 aromatic rings. The molecular weight excluding hydrogens is 262 g/mol. The van der Waals surface area contributed by atoms with Gasteiger partial charge in [-0.15, -0.1) is 0 Å². The van der Waals surface area contributed by atoms with Crippen LogP contribution in [0.4, 0.5) is 4.79 Å². The second-order valence-electron chi connectivity index (χ2n) is 5.43. The number of aliphatic carboxylic acids is 1. The van der Waals surface area contributed by atoms with Gasteiger partial charge in [0.05, 0.1) is 11.5 Å². The highest BCUT2D eigenvalue weighted by atomic mass is 16.4. The van der Waals surface area contributed by atoms with Crippen LogP contribution >= 0.6 is 0 Å². The van der Waals surface area contributed by atoms with Crippen LogP contribution in [0.25, 0.3) is 0 Å². The Bertz CT molecular complexity index is 389. The van der Waals surface area contributed by atoms with E-state index < -0.39 is 23.5 Å². The van der Waals surface area contributed by atoms with Crippen LogP contribution in [0.2, 0.25) is 0 Å². The number of hydrogen-bond donors (Lipinski definition) is 3. The van der Waals surface area contributed by atoms with Crippen molar-refractivity contribution in [3.63, 3.8) is 0 Å². The number of imide groups is 1. The fourth-order valence-corrected chi connectivity index (χ4v) is 2.21. The first-order chi connectivity index (χ1) is 9.30. The van der Waals surface area contributed by atoms with Gasteiger partial charge in [0.15, 0.2) is 0 Å². The van der Waals surface area contributed by atoms with E-state index in [0.29, 0.717) is 32.5 Å². The number of urea groups is 1. The Morgan fingerprint density at radius 1 is 1.30 bits per heavy atom. The molecule has 1 rings (SSSR count). The SMILES string of the molecule is CCNC(=O)NC(=O)C(C)N1CCC(C)(C(=O)O)CC1. The molecule has 0 saturated carbocycles. The van der Waals surface area contributed by atoms with E-state index in [9.17, 15) is 14.4 Å². The van der Waals surface area contributed by atoms with E-state index in [4.69, 9.17) is 5.11 Å². The highest BCUT2D eigenvalue weighted by Gasteiger charge is 2.38. The molecule has 0 radical (unpaired) electrons. The molecule has 0 aliphatic carbocycles. The maximum Gasteiger partial charge on any atom is 0.321 e. The van der Waals surface area contributed by atoms with Crippen LogP contribution in [-0.2, 0) is 9.59 Å². The highest BCUT2D eigenvalue weighted by Crippen LogP contribution is 2.31. The molecule has 114 valence electrons. The maximum atomic E-state index is 11.9. The number of amides is 3. The van der Waals surface area contributed by atoms with Gasteiger partial charge in [0, 0.05) is 6.54 Å². The van der Waals surface area contributed by atoms with E-state index in [1.54, 1.807) is 20.8 Å². The van der Waals surface area contributed by atoms with Gasteiger partial charge in [-0.25, -0.2) is 4.79 Å². The Hall–Kier alpha value is -1.63. The number of carbonyl (C=O) groups excluding carboxylic acids is 2. The third-order valence-electron chi connectivity index (χ3n) is 3.92. The molecule has 1 saturated heterocycles. The lowest BCUT2D eigenvalue weighted by Crippen LogP contribution is -2.53. The summed E-state index contributed by atoms with van der Waals surface area (Å²) in [6, 6.07) is -0.951. The minimum absolute atomic E-state index is 0.366. The van der Waals surface area contributed by atoms with Gasteiger partial charge in [-0.2, -0.15) is 0 Å². The zero-order valence-electron chi connectivity index (χ0n) is 12.2. The van der Waals surface area contributed by atoms with E-state index in [1.165, 1.54) is 0 Å². The van der Waals surface area contributed by atoms with Gasteiger partial charge in [-0.05, 0) is 46.7 Å². The van der Waals surface area contributed by atoms with Crippen molar-refractivity contribution < 1.29 is 19.5 Å². The summed E-state index contributed by atoms with van der Waals surface area (Å²) in [6.45, 7) is 6.74. The number of hydrogen-bond acceptors (Lipinski definition) is 4. The first-order valence-electron chi connectivity index (χ1n) is 6.86. The molecule has 7 nitrogen and oxygen atoms in total. The Kier molecular flexibility index (Phi) is 5.50. The standard InChI is InChI=1S/C13H23N3O4/c1-4-14-12(20)15-10(17)9(2)16-7-5-13(3,6-8-16)11(18)19/h9H,4-8H2,1-3H3,(H,18,19)(H2,14,15,17,20). The molecule has 1 aliphatic heterocycles. The summed E-state index contributed by atoms with van der Waals surface area (Å²) < 4.78 is 0. The number of nitrogens with zero attached hydrogens (tertiary/aromatic N) is 1. The van der Waals surface area contributed by atoms with Crippen LogP contribution in [0, 0.1) is 5.41 Å². The van der Waals surface area contributed by atoms with E-state index >= 15 is 0 Å². The lowest BCUT2D eigenvalue weighted by Gasteiger charge is -2.38. The van der Waals surface area contributed by atoms with Gasteiger partial charge in [0.2, 0.25) is 5.91 Å². The largest absolute Gasteiger partial charge is 0.481 e. The first kappa shape index (κ1) is 16.4. The molecule has 1 aliphatic rings. The van der Waals surface area contributed by atoms with Crippen molar-refractivity contribution in [2.45, 2.75) is 39.7 Å². The molecule has 3 N–H and O–H groups in total. The molecule has 3 amide bonds. The third kappa shape index (κ3) is 3.93. The summed E-state index contributed by atoms with van der Waals surface area (Å²) in [5.41, 5.74) is -0.716. The summed E-state index contributed by atoms with van der Waals surface area (Å²) in [5, 5.41) is 13.9. The average Bonchev–Trinajstić information content (AvgIpc) is 2.38. The van der Waals surface area contributed by atoms with Crippen molar-refractivity contribution in [3.8, 4) is 0 Å². The summed E-state index contributed by atoms with van der Waals surface area (Å²) in [5.74, 6) is -1.16. The second kappa shape index (κ2) is 6.69. The van der Waals surface area contributed by atoms with E-state index in [0.717, 1.165) is 0 Å².